The summed E-state index contributed by atoms with van der Waals surface area (Å²) in [6, 6.07) is 23.4. The van der Waals surface area contributed by atoms with Crippen LogP contribution in [0.1, 0.15) is 11.1 Å². The molecule has 0 aliphatic heterocycles. The Morgan fingerprint density at radius 2 is 1.62 bits per heavy atom. The molecular weight excluding hydrogens is 469 g/mol. The maximum Gasteiger partial charge on any atom is 0.229 e. The minimum Gasteiger partial charge on any atom is -0.491 e. The molecule has 8 heteroatoms. The first-order chi connectivity index (χ1) is 17.9. The average molecular weight is 500 g/mol. The van der Waals surface area contributed by atoms with Gasteiger partial charge in [-0.05, 0) is 74.3 Å². The third-order valence-corrected chi connectivity index (χ3v) is 5.31. The van der Waals surface area contributed by atoms with Crippen molar-refractivity contribution in [1.29, 1.82) is 0 Å². The highest BCUT2D eigenvalue weighted by Crippen LogP contribution is 2.24. The Morgan fingerprint density at radius 3 is 2.32 bits per heavy atom. The molecule has 37 heavy (non-hydrogen) atoms. The summed E-state index contributed by atoms with van der Waals surface area (Å²) in [4.78, 5) is 11.1. The van der Waals surface area contributed by atoms with Gasteiger partial charge in [0.15, 0.2) is 0 Å². The van der Waals surface area contributed by atoms with E-state index < -0.39 is 6.10 Å². The zero-order valence-corrected chi connectivity index (χ0v) is 20.8. The van der Waals surface area contributed by atoms with Crippen LogP contribution in [0.15, 0.2) is 85.1 Å². The molecule has 0 spiro atoms. The average Bonchev–Trinajstić information content (AvgIpc) is 2.89. The molecule has 0 saturated carbocycles. The molecule has 0 aliphatic rings. The molecule has 1 unspecified atom stereocenters. The highest BCUT2D eigenvalue weighted by molar-refractivity contribution is 5.77. The first kappa shape index (κ1) is 25.8. The van der Waals surface area contributed by atoms with Crippen molar-refractivity contribution >= 4 is 35.3 Å². The van der Waals surface area contributed by atoms with Gasteiger partial charge in [0, 0.05) is 29.7 Å². The van der Waals surface area contributed by atoms with Crippen LogP contribution in [0, 0.1) is 5.82 Å². The number of likely N-dealkylation sites (N-methyl/N-ethyl adjacent to an activating group) is 1. The number of nitrogens with zero attached hydrogens (tertiary/aromatic N) is 3. The molecule has 0 amide bonds. The largest absolute Gasteiger partial charge is 0.491 e. The molecule has 0 saturated heterocycles. The highest BCUT2D eigenvalue weighted by Gasteiger charge is 2.09. The maximum absolute atomic E-state index is 13.2. The second-order valence-electron chi connectivity index (χ2n) is 8.75. The molecule has 1 aromatic heterocycles. The predicted molar refractivity (Wildman–Crippen MR) is 147 cm³/mol. The van der Waals surface area contributed by atoms with Crippen LogP contribution in [0.4, 0.5) is 27.5 Å². The van der Waals surface area contributed by atoms with Crippen LogP contribution < -0.4 is 15.4 Å². The summed E-state index contributed by atoms with van der Waals surface area (Å²) in [6.45, 7) is 0.751. The van der Waals surface area contributed by atoms with Gasteiger partial charge in [0.2, 0.25) is 5.95 Å². The van der Waals surface area contributed by atoms with Crippen LogP contribution >= 0.6 is 0 Å². The molecule has 3 aromatic carbocycles. The van der Waals surface area contributed by atoms with Gasteiger partial charge in [0.1, 0.15) is 30.1 Å². The van der Waals surface area contributed by atoms with E-state index in [9.17, 15) is 9.50 Å². The molecule has 3 N–H and O–H groups in total. The molecule has 1 atom stereocenters. The highest BCUT2D eigenvalue weighted by atomic mass is 19.1. The van der Waals surface area contributed by atoms with Crippen molar-refractivity contribution in [1.82, 2.24) is 14.9 Å². The fourth-order valence-electron chi connectivity index (χ4n) is 3.52. The molecule has 0 radical (unpaired) electrons. The molecule has 7 nitrogen and oxygen atoms in total. The normalized spacial score (nSPS) is 12.0. The van der Waals surface area contributed by atoms with Crippen molar-refractivity contribution in [2.75, 3.05) is 37.9 Å². The Labute approximate surface area is 216 Å². The zero-order chi connectivity index (χ0) is 26.0. The van der Waals surface area contributed by atoms with Crippen molar-refractivity contribution in [2.24, 2.45) is 0 Å². The number of para-hydroxylation sites is 1. The van der Waals surface area contributed by atoms with E-state index in [0.29, 0.717) is 24.1 Å². The van der Waals surface area contributed by atoms with E-state index in [1.165, 1.54) is 12.1 Å². The lowest BCUT2D eigenvalue weighted by atomic mass is 10.1. The van der Waals surface area contributed by atoms with E-state index in [-0.39, 0.29) is 12.4 Å². The van der Waals surface area contributed by atoms with Crippen molar-refractivity contribution in [3.05, 3.63) is 102 Å². The SMILES string of the molecule is CN(C)CC(O)COc1ccc(Nc2ncc(/C=C/c3ccc(F)cc3)c(Nc3ccccc3)n2)cc1. The first-order valence-corrected chi connectivity index (χ1v) is 11.9. The van der Waals surface area contributed by atoms with E-state index in [1.807, 2.05) is 85.7 Å². The Kier molecular flexibility index (Phi) is 8.80. The van der Waals surface area contributed by atoms with Crippen LogP contribution in [-0.4, -0.2) is 53.3 Å². The van der Waals surface area contributed by atoms with Crippen LogP contribution in [0.25, 0.3) is 12.2 Å². The van der Waals surface area contributed by atoms with Gasteiger partial charge in [-0.1, -0.05) is 36.4 Å². The summed E-state index contributed by atoms with van der Waals surface area (Å²) in [5.41, 5.74) is 3.33. The molecule has 0 bridgehead atoms. The Balaban J connectivity index is 1.48. The number of aliphatic hydroxyl groups excluding tert-OH is 1. The third-order valence-electron chi connectivity index (χ3n) is 5.31. The lowest BCUT2D eigenvalue weighted by Gasteiger charge is -2.16. The topological polar surface area (TPSA) is 82.5 Å². The standard InChI is InChI=1S/C29H30FN5O2/c1-35(2)19-26(36)20-37-27-16-14-25(15-17-27)33-29-31-18-22(11-8-21-9-12-23(30)13-10-21)28(34-29)32-24-6-4-3-5-7-24/h3-18,26,36H,19-20H2,1-2H3,(H2,31,32,33,34)/b11-8+. The number of ether oxygens (including phenoxy) is 1. The number of aliphatic hydroxyl groups is 1. The first-order valence-electron chi connectivity index (χ1n) is 11.9. The van der Waals surface area contributed by atoms with Crippen LogP contribution in [0.5, 0.6) is 5.75 Å². The van der Waals surface area contributed by atoms with Gasteiger partial charge in [-0.3, -0.25) is 0 Å². The second-order valence-corrected chi connectivity index (χ2v) is 8.75. The number of anilines is 4. The molecule has 4 aromatic rings. The molecule has 0 fully saturated rings. The zero-order valence-electron chi connectivity index (χ0n) is 20.8. The summed E-state index contributed by atoms with van der Waals surface area (Å²) in [6.07, 6.45) is 4.94. The van der Waals surface area contributed by atoms with Crippen molar-refractivity contribution in [3.8, 4) is 5.75 Å². The number of hydrogen-bond donors (Lipinski definition) is 3. The van der Waals surface area contributed by atoms with E-state index in [1.54, 1.807) is 18.3 Å². The van der Waals surface area contributed by atoms with Crippen LogP contribution in [0.3, 0.4) is 0 Å². The smallest absolute Gasteiger partial charge is 0.229 e. The summed E-state index contributed by atoms with van der Waals surface area (Å²) in [7, 11) is 3.81. The van der Waals surface area contributed by atoms with Crippen molar-refractivity contribution < 1.29 is 14.2 Å². The summed E-state index contributed by atoms with van der Waals surface area (Å²) in [5, 5.41) is 16.5. The Bertz CT molecular complexity index is 1300. The van der Waals surface area contributed by atoms with Gasteiger partial charge < -0.3 is 25.4 Å². The number of hydrogen-bond acceptors (Lipinski definition) is 7. The molecular formula is C29H30FN5O2. The summed E-state index contributed by atoms with van der Waals surface area (Å²) >= 11 is 0. The molecule has 190 valence electrons. The number of halogens is 1. The number of nitrogens with one attached hydrogen (secondary N) is 2. The summed E-state index contributed by atoms with van der Waals surface area (Å²) in [5.74, 6) is 1.44. The van der Waals surface area contributed by atoms with Gasteiger partial charge in [0.05, 0.1) is 0 Å². The monoisotopic (exact) mass is 499 g/mol. The molecule has 1 heterocycles. The fraction of sp³-hybridized carbons (Fsp3) is 0.172. The summed E-state index contributed by atoms with van der Waals surface area (Å²) < 4.78 is 18.9. The number of aromatic nitrogens is 2. The minimum absolute atomic E-state index is 0.218. The number of rotatable bonds is 11. The third kappa shape index (κ3) is 8.13. The molecule has 0 aliphatic carbocycles. The Morgan fingerprint density at radius 1 is 0.919 bits per heavy atom. The number of benzene rings is 3. The predicted octanol–water partition coefficient (Wildman–Crippen LogP) is 5.57. The van der Waals surface area contributed by atoms with Gasteiger partial charge in [-0.15, -0.1) is 0 Å². The Hall–Kier alpha value is -4.27. The van der Waals surface area contributed by atoms with Crippen molar-refractivity contribution in [3.63, 3.8) is 0 Å². The van der Waals surface area contributed by atoms with E-state index in [2.05, 4.69) is 20.6 Å². The van der Waals surface area contributed by atoms with Crippen LogP contribution in [0.2, 0.25) is 0 Å². The van der Waals surface area contributed by atoms with Gasteiger partial charge >= 0.3 is 0 Å². The lowest BCUT2D eigenvalue weighted by Crippen LogP contribution is -2.30. The fourth-order valence-corrected chi connectivity index (χ4v) is 3.52. The maximum atomic E-state index is 13.2. The lowest BCUT2D eigenvalue weighted by molar-refractivity contribution is 0.0831. The van der Waals surface area contributed by atoms with Gasteiger partial charge in [-0.25, -0.2) is 9.37 Å². The minimum atomic E-state index is -0.563. The van der Waals surface area contributed by atoms with Crippen LogP contribution in [-0.2, 0) is 0 Å². The van der Waals surface area contributed by atoms with E-state index in [0.717, 1.165) is 22.5 Å². The van der Waals surface area contributed by atoms with Gasteiger partial charge in [-0.2, -0.15) is 4.98 Å². The quantitative estimate of drug-likeness (QED) is 0.249. The molecule has 4 rings (SSSR count). The second kappa shape index (κ2) is 12.6. The van der Waals surface area contributed by atoms with Crippen molar-refractivity contribution in [2.45, 2.75) is 6.10 Å². The van der Waals surface area contributed by atoms with E-state index in [4.69, 9.17) is 4.74 Å². The van der Waals surface area contributed by atoms with E-state index >= 15 is 0 Å². The van der Waals surface area contributed by atoms with Gasteiger partial charge in [0.25, 0.3) is 0 Å².